The van der Waals surface area contributed by atoms with Gasteiger partial charge in [-0.15, -0.1) is 0 Å². The Hall–Kier alpha value is -1.89. The predicted octanol–water partition coefficient (Wildman–Crippen LogP) is 2.68. The Morgan fingerprint density at radius 3 is 2.00 bits per heavy atom. The van der Waals surface area contributed by atoms with E-state index in [1.165, 1.54) is 17.6 Å². The molecule has 7 heteroatoms. The van der Waals surface area contributed by atoms with Gasteiger partial charge in [0, 0.05) is 11.4 Å². The van der Waals surface area contributed by atoms with E-state index in [2.05, 4.69) is 0 Å². The van der Waals surface area contributed by atoms with Crippen LogP contribution in [-0.2, 0) is 14.6 Å². The van der Waals surface area contributed by atoms with Gasteiger partial charge < -0.3 is 0 Å². The number of amides is 1. The highest BCUT2D eigenvalue weighted by atomic mass is 35.5. The predicted molar refractivity (Wildman–Crippen MR) is 83.5 cm³/mol. The highest BCUT2D eigenvalue weighted by Gasteiger charge is 2.16. The molecule has 22 heavy (non-hydrogen) atoms. The zero-order valence-electron chi connectivity index (χ0n) is 11.5. The largest absolute Gasteiger partial charge is 0.289 e. The number of carbonyl (C=O) groups excluding carboxylic acids is 1. The normalized spacial score (nSPS) is 11.2. The molecule has 0 aromatic heterocycles. The first-order valence-corrected chi connectivity index (χ1v) is 8.47. The van der Waals surface area contributed by atoms with Crippen molar-refractivity contribution in [3.8, 4) is 11.1 Å². The van der Waals surface area contributed by atoms with Crippen LogP contribution in [0.15, 0.2) is 53.4 Å². The number of sulfone groups is 1. The minimum absolute atomic E-state index is 0.135. The fraction of sp³-hybridized carbons (Fsp3) is 0.133. The van der Waals surface area contributed by atoms with Crippen molar-refractivity contribution in [2.45, 2.75) is 11.3 Å². The van der Waals surface area contributed by atoms with E-state index in [0.717, 1.165) is 11.1 Å². The topological polar surface area (TPSA) is 83.5 Å². The molecule has 0 radical (unpaired) electrons. The smallest absolute Gasteiger partial charge is 0.244 e. The molecule has 0 spiro atoms. The summed E-state index contributed by atoms with van der Waals surface area (Å²) >= 11 is 5.83. The van der Waals surface area contributed by atoms with Crippen molar-refractivity contribution in [3.63, 3.8) is 0 Å². The lowest BCUT2D eigenvalue weighted by Gasteiger charge is -2.06. The molecule has 0 saturated heterocycles. The van der Waals surface area contributed by atoms with Crippen LogP contribution in [0.2, 0.25) is 5.02 Å². The van der Waals surface area contributed by atoms with E-state index in [9.17, 15) is 13.2 Å². The van der Waals surface area contributed by atoms with Gasteiger partial charge in [-0.2, -0.15) is 0 Å². The lowest BCUT2D eigenvalue weighted by Crippen LogP contribution is -2.22. The molecule has 116 valence electrons. The molecule has 0 atom stereocenters. The molecule has 2 N–H and O–H groups in total. The third kappa shape index (κ3) is 4.07. The molecule has 2 rings (SSSR count). The SMILES string of the molecule is O=C(CCS(=O)(=O)c1ccc(-c2ccc(Cl)cc2)cc1)NO. The van der Waals surface area contributed by atoms with E-state index in [4.69, 9.17) is 16.8 Å². The fourth-order valence-electron chi connectivity index (χ4n) is 1.90. The van der Waals surface area contributed by atoms with Gasteiger partial charge in [0.15, 0.2) is 9.84 Å². The summed E-state index contributed by atoms with van der Waals surface area (Å²) in [6.07, 6.45) is -0.294. The third-order valence-corrected chi connectivity index (χ3v) is 5.10. The molecule has 2 aromatic rings. The summed E-state index contributed by atoms with van der Waals surface area (Å²) in [4.78, 5) is 11.1. The second kappa shape index (κ2) is 6.91. The minimum Gasteiger partial charge on any atom is -0.289 e. The van der Waals surface area contributed by atoms with Gasteiger partial charge in [0.1, 0.15) is 0 Å². The summed E-state index contributed by atoms with van der Waals surface area (Å²) in [5, 5.41) is 9.01. The molecule has 0 aliphatic heterocycles. The van der Waals surface area contributed by atoms with Gasteiger partial charge in [0.05, 0.1) is 10.6 Å². The zero-order valence-corrected chi connectivity index (χ0v) is 13.1. The van der Waals surface area contributed by atoms with Crippen LogP contribution in [0.1, 0.15) is 6.42 Å². The van der Waals surface area contributed by atoms with E-state index in [0.29, 0.717) is 5.02 Å². The fourth-order valence-corrected chi connectivity index (χ4v) is 3.26. The lowest BCUT2D eigenvalue weighted by atomic mass is 10.1. The van der Waals surface area contributed by atoms with Crippen molar-refractivity contribution < 1.29 is 18.4 Å². The molecular formula is C15H14ClNO4S. The number of carbonyl (C=O) groups is 1. The second-order valence-electron chi connectivity index (χ2n) is 4.64. The number of hydrogen-bond donors (Lipinski definition) is 2. The maximum atomic E-state index is 12.1. The Bertz CT molecular complexity index is 755. The Balaban J connectivity index is 2.17. The van der Waals surface area contributed by atoms with Crippen molar-refractivity contribution in [2.24, 2.45) is 0 Å². The van der Waals surface area contributed by atoms with E-state index in [1.54, 1.807) is 24.3 Å². The zero-order chi connectivity index (χ0) is 16.2. The summed E-state index contributed by atoms with van der Waals surface area (Å²) in [6.45, 7) is 0. The Morgan fingerprint density at radius 2 is 1.50 bits per heavy atom. The highest BCUT2D eigenvalue weighted by Crippen LogP contribution is 2.23. The van der Waals surface area contributed by atoms with Crippen LogP contribution in [0.4, 0.5) is 0 Å². The van der Waals surface area contributed by atoms with Crippen molar-refractivity contribution in [1.29, 1.82) is 0 Å². The summed E-state index contributed by atoms with van der Waals surface area (Å²) < 4.78 is 24.1. The standard InChI is InChI=1S/C15H14ClNO4S/c16-13-5-1-11(2-6-13)12-3-7-14(8-4-12)22(20,21)10-9-15(18)17-19/h1-8,19H,9-10H2,(H,17,18). The van der Waals surface area contributed by atoms with Gasteiger partial charge in [0.2, 0.25) is 5.91 Å². The van der Waals surface area contributed by atoms with Crippen molar-refractivity contribution >= 4 is 27.3 Å². The van der Waals surface area contributed by atoms with Crippen LogP contribution in [0.5, 0.6) is 0 Å². The van der Waals surface area contributed by atoms with Crippen molar-refractivity contribution in [1.82, 2.24) is 5.48 Å². The minimum atomic E-state index is -3.56. The molecule has 5 nitrogen and oxygen atoms in total. The molecule has 2 aromatic carbocycles. The molecule has 0 unspecified atom stereocenters. The van der Waals surface area contributed by atoms with Crippen LogP contribution in [-0.4, -0.2) is 25.3 Å². The van der Waals surface area contributed by atoms with Crippen molar-refractivity contribution in [3.05, 3.63) is 53.6 Å². The van der Waals surface area contributed by atoms with Gasteiger partial charge in [-0.1, -0.05) is 35.9 Å². The van der Waals surface area contributed by atoms with Gasteiger partial charge in [-0.3, -0.25) is 10.0 Å². The lowest BCUT2D eigenvalue weighted by molar-refractivity contribution is -0.128. The Kier molecular flexibility index (Phi) is 5.18. The summed E-state index contributed by atoms with van der Waals surface area (Å²) in [5.41, 5.74) is 3.20. The molecule has 0 fully saturated rings. The molecule has 0 heterocycles. The first-order chi connectivity index (χ1) is 10.4. The van der Waals surface area contributed by atoms with Gasteiger partial charge in [-0.05, 0) is 35.4 Å². The second-order valence-corrected chi connectivity index (χ2v) is 7.18. The molecule has 0 bridgehead atoms. The first-order valence-electron chi connectivity index (χ1n) is 6.44. The number of benzene rings is 2. The number of hydrogen-bond acceptors (Lipinski definition) is 4. The Labute approximate surface area is 133 Å². The quantitative estimate of drug-likeness (QED) is 0.648. The number of nitrogens with one attached hydrogen (secondary N) is 1. The first kappa shape index (κ1) is 16.5. The number of halogens is 1. The van der Waals surface area contributed by atoms with Gasteiger partial charge in [-0.25, -0.2) is 13.9 Å². The third-order valence-electron chi connectivity index (χ3n) is 3.11. The highest BCUT2D eigenvalue weighted by molar-refractivity contribution is 7.91. The van der Waals surface area contributed by atoms with Gasteiger partial charge in [0.25, 0.3) is 0 Å². The number of hydroxylamine groups is 1. The van der Waals surface area contributed by atoms with Crippen molar-refractivity contribution in [2.75, 3.05) is 5.75 Å². The van der Waals surface area contributed by atoms with Crippen LogP contribution >= 0.6 is 11.6 Å². The molecule has 0 aliphatic carbocycles. The maximum absolute atomic E-state index is 12.1. The summed E-state index contributed by atoms with van der Waals surface area (Å²) in [5.74, 6) is -1.10. The average Bonchev–Trinajstić information content (AvgIpc) is 2.53. The average molecular weight is 340 g/mol. The van der Waals surface area contributed by atoms with Crippen LogP contribution in [0.3, 0.4) is 0 Å². The van der Waals surface area contributed by atoms with Gasteiger partial charge >= 0.3 is 0 Å². The summed E-state index contributed by atoms with van der Waals surface area (Å²) in [6, 6.07) is 13.6. The Morgan fingerprint density at radius 1 is 1.00 bits per heavy atom. The van der Waals surface area contributed by atoms with E-state index in [1.807, 2.05) is 12.1 Å². The van der Waals surface area contributed by atoms with E-state index in [-0.39, 0.29) is 17.1 Å². The molecule has 0 saturated carbocycles. The van der Waals surface area contributed by atoms with E-state index < -0.39 is 15.7 Å². The monoisotopic (exact) mass is 339 g/mol. The van der Waals surface area contributed by atoms with E-state index >= 15 is 0 Å². The maximum Gasteiger partial charge on any atom is 0.244 e. The number of rotatable bonds is 5. The van der Waals surface area contributed by atoms with Crippen LogP contribution < -0.4 is 5.48 Å². The molecule has 1 amide bonds. The summed E-state index contributed by atoms with van der Waals surface area (Å²) in [7, 11) is -3.56. The molecular weight excluding hydrogens is 326 g/mol. The molecule has 0 aliphatic rings. The van der Waals surface area contributed by atoms with Crippen LogP contribution in [0, 0.1) is 0 Å². The van der Waals surface area contributed by atoms with Crippen LogP contribution in [0.25, 0.3) is 11.1 Å².